The van der Waals surface area contributed by atoms with Crippen LogP contribution in [0.5, 0.6) is 17.5 Å². The third-order valence-electron chi connectivity index (χ3n) is 5.40. The van der Waals surface area contributed by atoms with E-state index in [4.69, 9.17) is 14.2 Å². The van der Waals surface area contributed by atoms with Gasteiger partial charge in [0.2, 0.25) is 17.7 Å². The Bertz CT molecular complexity index is 1350. The zero-order valence-corrected chi connectivity index (χ0v) is 17.6. The zero-order valence-electron chi connectivity index (χ0n) is 17.6. The second-order valence-corrected chi connectivity index (χ2v) is 7.46. The minimum Gasteiger partial charge on any atom is -0.481 e. The number of halogens is 4. The minimum atomic E-state index is -4.76. The molecule has 2 N–H and O–H groups in total. The molecule has 1 atom stereocenters. The van der Waals surface area contributed by atoms with Crippen molar-refractivity contribution in [2.45, 2.75) is 18.2 Å². The fourth-order valence-corrected chi connectivity index (χ4v) is 3.65. The van der Waals surface area contributed by atoms with Gasteiger partial charge in [0.05, 0.1) is 19.2 Å². The first kappa shape index (κ1) is 21.9. The third-order valence-corrected chi connectivity index (χ3v) is 5.40. The maximum Gasteiger partial charge on any atom is 0.421 e. The number of aromatic nitrogens is 4. The summed E-state index contributed by atoms with van der Waals surface area (Å²) in [6, 6.07) is 9.52. The molecule has 176 valence electrons. The number of benzene rings is 1. The van der Waals surface area contributed by atoms with Crippen LogP contribution in [0.2, 0.25) is 0 Å². The van der Waals surface area contributed by atoms with Crippen molar-refractivity contribution in [2.24, 2.45) is 0 Å². The lowest BCUT2D eigenvalue weighted by Crippen LogP contribution is -2.52. The molecule has 34 heavy (non-hydrogen) atoms. The van der Waals surface area contributed by atoms with Gasteiger partial charge < -0.3 is 24.5 Å². The van der Waals surface area contributed by atoms with Crippen LogP contribution in [-0.4, -0.2) is 39.8 Å². The summed E-state index contributed by atoms with van der Waals surface area (Å²) >= 11 is 0. The number of hydrogen-bond donors (Lipinski definition) is 2. The molecule has 8 nitrogen and oxygen atoms in total. The number of imidazole rings is 1. The van der Waals surface area contributed by atoms with E-state index in [1.165, 1.54) is 13.3 Å². The Morgan fingerprint density at radius 2 is 1.97 bits per heavy atom. The Labute approximate surface area is 189 Å². The van der Waals surface area contributed by atoms with Crippen LogP contribution in [0.1, 0.15) is 12.0 Å². The van der Waals surface area contributed by atoms with E-state index >= 15 is 0 Å². The molecule has 1 aromatic carbocycles. The smallest absolute Gasteiger partial charge is 0.421 e. The quantitative estimate of drug-likeness (QED) is 0.370. The van der Waals surface area contributed by atoms with Crippen molar-refractivity contribution >= 4 is 22.8 Å². The van der Waals surface area contributed by atoms with Gasteiger partial charge in [-0.15, -0.1) is 0 Å². The number of ether oxygens (including phenoxy) is 3. The predicted molar refractivity (Wildman–Crippen MR) is 113 cm³/mol. The van der Waals surface area contributed by atoms with Gasteiger partial charge in [0.25, 0.3) is 0 Å². The number of nitrogens with zero attached hydrogens (tertiary/aromatic N) is 3. The van der Waals surface area contributed by atoms with Gasteiger partial charge in [0.15, 0.2) is 11.2 Å². The second kappa shape index (κ2) is 8.13. The first-order valence-corrected chi connectivity index (χ1v) is 10.1. The summed E-state index contributed by atoms with van der Waals surface area (Å²) in [6.45, 7) is -0.100. The number of methoxy groups -OCH3 is 1. The Morgan fingerprint density at radius 1 is 1.15 bits per heavy atom. The molecule has 4 aromatic rings. The Balaban J connectivity index is 1.49. The lowest BCUT2D eigenvalue weighted by atomic mass is 9.85. The number of alkyl halides is 3. The minimum absolute atomic E-state index is 0.0435. The molecule has 12 heteroatoms. The van der Waals surface area contributed by atoms with Crippen LogP contribution in [0.15, 0.2) is 48.7 Å². The molecular formula is C22H17F4N5O3. The SMILES string of the molecule is COc1ccc2[nH]c(Nc3cccnc3Oc3ccc(F)cc3C3(C(F)(F)F)CCO3)nc2n1. The second-order valence-electron chi connectivity index (χ2n) is 7.46. The summed E-state index contributed by atoms with van der Waals surface area (Å²) in [7, 11) is 1.49. The number of pyridine rings is 2. The molecule has 0 radical (unpaired) electrons. The molecule has 0 aliphatic carbocycles. The first-order valence-electron chi connectivity index (χ1n) is 10.1. The van der Waals surface area contributed by atoms with Crippen molar-refractivity contribution in [1.29, 1.82) is 0 Å². The van der Waals surface area contributed by atoms with Gasteiger partial charge in [0.1, 0.15) is 17.3 Å². The Hall–Kier alpha value is -3.93. The van der Waals surface area contributed by atoms with Crippen molar-refractivity contribution in [2.75, 3.05) is 19.0 Å². The van der Waals surface area contributed by atoms with Gasteiger partial charge in [-0.3, -0.25) is 0 Å². The van der Waals surface area contributed by atoms with E-state index in [9.17, 15) is 17.6 Å². The van der Waals surface area contributed by atoms with Crippen LogP contribution < -0.4 is 14.8 Å². The Kier molecular flexibility index (Phi) is 5.24. The average Bonchev–Trinajstić information content (AvgIpc) is 3.16. The van der Waals surface area contributed by atoms with Gasteiger partial charge in [0, 0.05) is 24.2 Å². The van der Waals surface area contributed by atoms with Crippen molar-refractivity contribution < 1.29 is 31.8 Å². The van der Waals surface area contributed by atoms with E-state index in [0.29, 0.717) is 28.7 Å². The van der Waals surface area contributed by atoms with Crippen molar-refractivity contribution in [3.8, 4) is 17.5 Å². The highest BCUT2D eigenvalue weighted by atomic mass is 19.4. The lowest BCUT2D eigenvalue weighted by molar-refractivity contribution is -0.333. The first-order chi connectivity index (χ1) is 16.3. The van der Waals surface area contributed by atoms with Crippen LogP contribution in [0.4, 0.5) is 29.2 Å². The van der Waals surface area contributed by atoms with Crippen molar-refractivity contribution in [1.82, 2.24) is 19.9 Å². The molecule has 1 fully saturated rings. The average molecular weight is 475 g/mol. The highest BCUT2D eigenvalue weighted by molar-refractivity contribution is 5.75. The molecule has 1 aliphatic heterocycles. The van der Waals surface area contributed by atoms with Gasteiger partial charge in [-0.25, -0.2) is 9.37 Å². The molecule has 1 aliphatic rings. The van der Waals surface area contributed by atoms with E-state index in [1.54, 1.807) is 24.3 Å². The Morgan fingerprint density at radius 3 is 2.68 bits per heavy atom. The monoisotopic (exact) mass is 475 g/mol. The maximum atomic E-state index is 14.0. The van der Waals surface area contributed by atoms with Crippen molar-refractivity contribution in [3.63, 3.8) is 0 Å². The molecule has 0 spiro atoms. The topological polar surface area (TPSA) is 94.2 Å². The molecule has 5 rings (SSSR count). The number of anilines is 2. The standard InChI is InChI=1S/C22H17F4N5O3/c1-32-17-7-5-14-18(30-17)31-20(28-14)29-15-3-2-9-27-19(15)34-16-6-4-12(23)11-13(16)21(8-10-33-21)22(24,25)26/h2-7,9,11H,8,10H2,1H3,(H2,28,29,30,31). The normalized spacial score (nSPS) is 17.9. The maximum absolute atomic E-state index is 14.0. The van der Waals surface area contributed by atoms with Gasteiger partial charge in [-0.2, -0.15) is 23.1 Å². The van der Waals surface area contributed by atoms with Gasteiger partial charge in [-0.1, -0.05) is 0 Å². The van der Waals surface area contributed by atoms with E-state index in [2.05, 4.69) is 25.3 Å². The van der Waals surface area contributed by atoms with E-state index in [0.717, 1.165) is 18.2 Å². The van der Waals surface area contributed by atoms with E-state index < -0.39 is 23.2 Å². The summed E-state index contributed by atoms with van der Waals surface area (Å²) in [5.41, 5.74) is -1.77. The molecule has 0 saturated carbocycles. The summed E-state index contributed by atoms with van der Waals surface area (Å²) in [5.74, 6) is -0.432. The van der Waals surface area contributed by atoms with E-state index in [-0.39, 0.29) is 24.7 Å². The predicted octanol–water partition coefficient (Wildman–Crippen LogP) is 5.21. The number of H-pyrrole nitrogens is 1. The third kappa shape index (κ3) is 3.75. The highest BCUT2D eigenvalue weighted by Crippen LogP contribution is 2.53. The largest absolute Gasteiger partial charge is 0.481 e. The molecule has 3 aromatic heterocycles. The van der Waals surface area contributed by atoms with Crippen LogP contribution in [0.25, 0.3) is 11.2 Å². The lowest BCUT2D eigenvalue weighted by Gasteiger charge is -2.43. The van der Waals surface area contributed by atoms with Crippen LogP contribution in [0.3, 0.4) is 0 Å². The van der Waals surface area contributed by atoms with Crippen molar-refractivity contribution in [3.05, 3.63) is 60.0 Å². The molecular weight excluding hydrogens is 458 g/mol. The molecule has 0 bridgehead atoms. The molecule has 0 amide bonds. The molecule has 4 heterocycles. The van der Waals surface area contributed by atoms with Crippen LogP contribution in [-0.2, 0) is 10.3 Å². The fourth-order valence-electron chi connectivity index (χ4n) is 3.65. The number of rotatable bonds is 6. The number of nitrogens with one attached hydrogen (secondary N) is 2. The summed E-state index contributed by atoms with van der Waals surface area (Å²) in [4.78, 5) is 15.7. The van der Waals surface area contributed by atoms with Crippen LogP contribution in [0, 0.1) is 5.82 Å². The number of hydrogen-bond acceptors (Lipinski definition) is 7. The van der Waals surface area contributed by atoms with Crippen LogP contribution >= 0.6 is 0 Å². The van der Waals surface area contributed by atoms with Gasteiger partial charge in [-0.05, 0) is 36.4 Å². The fraction of sp³-hybridized carbons (Fsp3) is 0.227. The van der Waals surface area contributed by atoms with Gasteiger partial charge >= 0.3 is 6.18 Å². The number of fused-ring (bicyclic) bond motifs is 1. The molecule has 1 unspecified atom stereocenters. The zero-order chi connectivity index (χ0) is 23.9. The number of aromatic amines is 1. The summed E-state index contributed by atoms with van der Waals surface area (Å²) < 4.78 is 71.3. The molecule has 1 saturated heterocycles. The highest BCUT2D eigenvalue weighted by Gasteiger charge is 2.62. The van der Waals surface area contributed by atoms with E-state index in [1.807, 2.05) is 0 Å². The summed E-state index contributed by atoms with van der Waals surface area (Å²) in [6.07, 6.45) is -3.70. The summed E-state index contributed by atoms with van der Waals surface area (Å²) in [5, 5.41) is 2.98.